The Bertz CT molecular complexity index is 1070. The lowest BCUT2D eigenvalue weighted by atomic mass is 9.99. The van der Waals surface area contributed by atoms with E-state index in [1.807, 2.05) is 37.3 Å². The zero-order valence-electron chi connectivity index (χ0n) is 15.0. The number of hydrogen-bond donors (Lipinski definition) is 0. The van der Waals surface area contributed by atoms with Gasteiger partial charge in [-0.15, -0.1) is 0 Å². The molecule has 1 aliphatic rings. The van der Waals surface area contributed by atoms with Crippen LogP contribution in [0.2, 0.25) is 0 Å². The molecule has 2 aromatic carbocycles. The van der Waals surface area contributed by atoms with E-state index in [0.717, 1.165) is 29.6 Å². The van der Waals surface area contributed by atoms with Crippen molar-refractivity contribution in [3.63, 3.8) is 0 Å². The van der Waals surface area contributed by atoms with Crippen LogP contribution in [-0.2, 0) is 17.8 Å². The van der Waals surface area contributed by atoms with Gasteiger partial charge >= 0.3 is 0 Å². The Balaban J connectivity index is 1.69. The average Bonchev–Trinajstić information content (AvgIpc) is 2.65. The second-order valence-corrected chi connectivity index (χ2v) is 6.87. The van der Waals surface area contributed by atoms with Gasteiger partial charge in [0.1, 0.15) is 6.54 Å². The van der Waals surface area contributed by atoms with E-state index in [4.69, 9.17) is 0 Å². The molecule has 0 atom stereocenters. The van der Waals surface area contributed by atoms with Crippen LogP contribution in [0.4, 0.5) is 5.69 Å². The Labute approximate surface area is 151 Å². The number of benzene rings is 2. The Morgan fingerprint density at radius 2 is 1.88 bits per heavy atom. The molecule has 1 aliphatic heterocycles. The van der Waals surface area contributed by atoms with Gasteiger partial charge in [-0.1, -0.05) is 35.9 Å². The van der Waals surface area contributed by atoms with Crippen LogP contribution in [0.3, 0.4) is 0 Å². The number of nitrogens with zero attached hydrogens (tertiary/aromatic N) is 3. The van der Waals surface area contributed by atoms with Gasteiger partial charge in [-0.05, 0) is 44.4 Å². The molecule has 0 aliphatic carbocycles. The van der Waals surface area contributed by atoms with E-state index in [1.54, 1.807) is 11.0 Å². The maximum Gasteiger partial charge on any atom is 0.275 e. The van der Waals surface area contributed by atoms with Gasteiger partial charge in [0.15, 0.2) is 0 Å². The topological polar surface area (TPSA) is 55.2 Å². The molecule has 0 unspecified atom stereocenters. The summed E-state index contributed by atoms with van der Waals surface area (Å²) in [7, 11) is 0. The van der Waals surface area contributed by atoms with Crippen LogP contribution in [0, 0.1) is 13.8 Å². The van der Waals surface area contributed by atoms with Crippen LogP contribution >= 0.6 is 0 Å². The molecule has 4 rings (SSSR count). The van der Waals surface area contributed by atoms with Crippen molar-refractivity contribution in [1.82, 2.24) is 9.78 Å². The minimum Gasteiger partial charge on any atom is -0.311 e. The molecule has 0 bridgehead atoms. The quantitative estimate of drug-likeness (QED) is 0.716. The van der Waals surface area contributed by atoms with Crippen LogP contribution in [-0.4, -0.2) is 22.2 Å². The third-order valence-electron chi connectivity index (χ3n) is 4.99. The zero-order chi connectivity index (χ0) is 18.3. The van der Waals surface area contributed by atoms with Crippen molar-refractivity contribution in [3.8, 4) is 0 Å². The molecule has 1 aromatic heterocycles. The molecule has 0 saturated carbocycles. The van der Waals surface area contributed by atoms with Crippen LogP contribution in [0.5, 0.6) is 0 Å². The van der Waals surface area contributed by atoms with E-state index < -0.39 is 0 Å². The van der Waals surface area contributed by atoms with Crippen LogP contribution in [0.25, 0.3) is 10.8 Å². The van der Waals surface area contributed by atoms with Gasteiger partial charge in [0, 0.05) is 17.6 Å². The smallest absolute Gasteiger partial charge is 0.275 e. The number of amides is 1. The minimum atomic E-state index is -0.222. The first-order chi connectivity index (χ1) is 12.5. The minimum absolute atomic E-state index is 0.0438. The first kappa shape index (κ1) is 16.5. The van der Waals surface area contributed by atoms with Crippen LogP contribution in [0.1, 0.15) is 23.2 Å². The van der Waals surface area contributed by atoms with Crippen LogP contribution in [0.15, 0.2) is 47.3 Å². The predicted octanol–water partition coefficient (Wildman–Crippen LogP) is 2.99. The van der Waals surface area contributed by atoms with Gasteiger partial charge in [-0.3, -0.25) is 9.59 Å². The predicted molar refractivity (Wildman–Crippen MR) is 103 cm³/mol. The number of aryl methyl sites for hydroxylation is 3. The van der Waals surface area contributed by atoms with Crippen molar-refractivity contribution in [2.45, 2.75) is 33.2 Å². The summed E-state index contributed by atoms with van der Waals surface area (Å²) in [5.41, 5.74) is 3.88. The highest BCUT2D eigenvalue weighted by molar-refractivity contribution is 5.94. The van der Waals surface area contributed by atoms with E-state index in [2.05, 4.69) is 18.1 Å². The second-order valence-electron chi connectivity index (χ2n) is 6.87. The largest absolute Gasteiger partial charge is 0.311 e. The highest BCUT2D eigenvalue weighted by Crippen LogP contribution is 2.28. The molecular formula is C21H21N3O2. The molecule has 0 N–H and O–H groups in total. The van der Waals surface area contributed by atoms with Gasteiger partial charge < -0.3 is 4.90 Å². The number of carbonyl (C=O) groups excluding carboxylic acids is 1. The summed E-state index contributed by atoms with van der Waals surface area (Å²) in [6, 6.07) is 13.6. The molecule has 26 heavy (non-hydrogen) atoms. The summed E-state index contributed by atoms with van der Waals surface area (Å²) in [4.78, 5) is 27.4. The Kier molecular flexibility index (Phi) is 4.07. The van der Waals surface area contributed by atoms with E-state index in [9.17, 15) is 9.59 Å². The standard InChI is InChI=1S/C21H21N3O2/c1-14-9-10-19-16(12-14)6-5-11-23(19)20(25)13-24-21(26)18-8-4-3-7-17(18)15(2)22-24/h3-4,7-10,12H,5-6,11,13H2,1-2H3. The fourth-order valence-electron chi connectivity index (χ4n) is 3.71. The van der Waals surface area contributed by atoms with Crippen molar-refractivity contribution in [1.29, 1.82) is 0 Å². The zero-order valence-corrected chi connectivity index (χ0v) is 15.0. The third kappa shape index (κ3) is 2.79. The number of fused-ring (bicyclic) bond motifs is 2. The number of rotatable bonds is 2. The Morgan fingerprint density at radius 3 is 2.69 bits per heavy atom. The number of carbonyl (C=O) groups is 1. The van der Waals surface area contributed by atoms with Gasteiger partial charge in [0.25, 0.3) is 5.56 Å². The van der Waals surface area contributed by atoms with E-state index in [-0.39, 0.29) is 18.0 Å². The molecular weight excluding hydrogens is 326 g/mol. The lowest BCUT2D eigenvalue weighted by molar-refractivity contribution is -0.119. The highest BCUT2D eigenvalue weighted by Gasteiger charge is 2.23. The maximum absolute atomic E-state index is 12.9. The summed E-state index contributed by atoms with van der Waals surface area (Å²) < 4.78 is 1.29. The number of hydrogen-bond acceptors (Lipinski definition) is 3. The molecule has 1 amide bonds. The number of anilines is 1. The Hall–Kier alpha value is -2.95. The van der Waals surface area contributed by atoms with Gasteiger partial charge in [-0.2, -0.15) is 5.10 Å². The van der Waals surface area contributed by atoms with Crippen molar-refractivity contribution in [3.05, 3.63) is 69.6 Å². The summed E-state index contributed by atoms with van der Waals surface area (Å²) in [6.45, 7) is 4.55. The van der Waals surface area contributed by atoms with E-state index >= 15 is 0 Å². The first-order valence-corrected chi connectivity index (χ1v) is 8.91. The summed E-state index contributed by atoms with van der Waals surface area (Å²) in [6.07, 6.45) is 1.91. The molecule has 2 heterocycles. The van der Waals surface area contributed by atoms with E-state index in [1.165, 1.54) is 15.8 Å². The fraction of sp³-hybridized carbons (Fsp3) is 0.286. The third-order valence-corrected chi connectivity index (χ3v) is 4.99. The van der Waals surface area contributed by atoms with Crippen molar-refractivity contribution in [2.75, 3.05) is 11.4 Å². The Morgan fingerprint density at radius 1 is 1.12 bits per heavy atom. The van der Waals surface area contributed by atoms with Crippen LogP contribution < -0.4 is 10.5 Å². The second kappa shape index (κ2) is 6.41. The number of aromatic nitrogens is 2. The summed E-state index contributed by atoms with van der Waals surface area (Å²) in [5, 5.41) is 5.80. The fourth-order valence-corrected chi connectivity index (χ4v) is 3.71. The maximum atomic E-state index is 12.9. The molecule has 5 nitrogen and oxygen atoms in total. The van der Waals surface area contributed by atoms with Crippen molar-refractivity contribution >= 4 is 22.4 Å². The average molecular weight is 347 g/mol. The van der Waals surface area contributed by atoms with E-state index in [0.29, 0.717) is 11.9 Å². The monoisotopic (exact) mass is 347 g/mol. The summed E-state index contributed by atoms with van der Waals surface area (Å²) >= 11 is 0. The van der Waals surface area contributed by atoms with Gasteiger partial charge in [0.2, 0.25) is 5.91 Å². The normalized spacial score (nSPS) is 13.7. The highest BCUT2D eigenvalue weighted by atomic mass is 16.2. The molecule has 5 heteroatoms. The SMILES string of the molecule is Cc1ccc2c(c1)CCCN2C(=O)Cn1nc(C)c2ccccc2c1=O. The lowest BCUT2D eigenvalue weighted by Gasteiger charge is -2.30. The molecule has 0 radical (unpaired) electrons. The first-order valence-electron chi connectivity index (χ1n) is 8.91. The van der Waals surface area contributed by atoms with Crippen molar-refractivity contribution < 1.29 is 4.79 Å². The summed E-state index contributed by atoms with van der Waals surface area (Å²) in [5.74, 6) is -0.0981. The molecule has 0 fully saturated rings. The molecule has 0 spiro atoms. The molecule has 132 valence electrons. The van der Waals surface area contributed by atoms with Gasteiger partial charge in [0.05, 0.1) is 11.1 Å². The molecule has 3 aromatic rings. The van der Waals surface area contributed by atoms with Crippen molar-refractivity contribution in [2.24, 2.45) is 0 Å². The molecule has 0 saturated heterocycles. The van der Waals surface area contributed by atoms with Gasteiger partial charge in [-0.25, -0.2) is 4.68 Å². The lowest BCUT2D eigenvalue weighted by Crippen LogP contribution is -2.40.